The third-order valence-corrected chi connectivity index (χ3v) is 4.31. The average molecular weight is 316 g/mol. The van der Waals surface area contributed by atoms with Gasteiger partial charge in [-0.05, 0) is 25.3 Å². The molecule has 7 heteroatoms. The Balaban J connectivity index is 1.76. The molecule has 0 bridgehead atoms. The summed E-state index contributed by atoms with van der Waals surface area (Å²) in [5.74, 6) is 1.54. The normalized spacial score (nSPS) is 18.7. The van der Waals surface area contributed by atoms with Crippen molar-refractivity contribution in [1.82, 2.24) is 15.0 Å². The molecule has 23 heavy (non-hydrogen) atoms. The Kier molecular flexibility index (Phi) is 4.38. The smallest absolute Gasteiger partial charge is 0.270 e. The van der Waals surface area contributed by atoms with Crippen LogP contribution in [0.15, 0.2) is 28.8 Å². The van der Waals surface area contributed by atoms with Gasteiger partial charge in [0.2, 0.25) is 11.7 Å². The molecule has 1 saturated heterocycles. The number of likely N-dealkylation sites (tertiary alicyclic amines) is 1. The summed E-state index contributed by atoms with van der Waals surface area (Å²) in [4.78, 5) is 17.2. The van der Waals surface area contributed by atoms with Crippen molar-refractivity contribution in [2.45, 2.75) is 39.3 Å². The van der Waals surface area contributed by atoms with E-state index in [1.54, 1.807) is 12.1 Å². The predicted molar refractivity (Wildman–Crippen MR) is 84.7 cm³/mol. The van der Waals surface area contributed by atoms with Crippen molar-refractivity contribution >= 4 is 5.69 Å². The highest BCUT2D eigenvalue weighted by molar-refractivity contribution is 5.58. The summed E-state index contributed by atoms with van der Waals surface area (Å²) in [6.45, 7) is 6.12. The second-order valence-corrected chi connectivity index (χ2v) is 6.24. The van der Waals surface area contributed by atoms with Gasteiger partial charge in [0.25, 0.3) is 5.69 Å². The maximum atomic E-state index is 10.9. The van der Waals surface area contributed by atoms with E-state index in [0.717, 1.165) is 6.54 Å². The van der Waals surface area contributed by atoms with E-state index < -0.39 is 4.92 Å². The summed E-state index contributed by atoms with van der Waals surface area (Å²) in [5, 5.41) is 14.8. The molecule has 0 spiro atoms. The first-order valence-electron chi connectivity index (χ1n) is 7.86. The van der Waals surface area contributed by atoms with Crippen LogP contribution in [0.25, 0.3) is 11.4 Å². The highest BCUT2D eigenvalue weighted by Gasteiger charge is 2.28. The second-order valence-electron chi connectivity index (χ2n) is 6.24. The van der Waals surface area contributed by atoms with Crippen molar-refractivity contribution in [3.05, 3.63) is 40.3 Å². The minimum atomic E-state index is -0.429. The van der Waals surface area contributed by atoms with Gasteiger partial charge >= 0.3 is 0 Å². The third-order valence-electron chi connectivity index (χ3n) is 4.31. The van der Waals surface area contributed by atoms with Gasteiger partial charge < -0.3 is 4.52 Å². The van der Waals surface area contributed by atoms with Crippen molar-refractivity contribution < 1.29 is 9.45 Å². The number of hydrogen-bond donors (Lipinski definition) is 0. The SMILES string of the molecule is CC(C)[C@H]1CCCN1Cc1nc(-c2cccc([N+](=O)[O-])c2)no1. The topological polar surface area (TPSA) is 85.3 Å². The van der Waals surface area contributed by atoms with E-state index in [0.29, 0.717) is 35.8 Å². The Labute approximate surface area is 134 Å². The number of hydrogen-bond acceptors (Lipinski definition) is 6. The molecule has 0 aliphatic carbocycles. The minimum absolute atomic E-state index is 0.0215. The van der Waals surface area contributed by atoms with Gasteiger partial charge in [0.05, 0.1) is 11.5 Å². The van der Waals surface area contributed by atoms with Crippen molar-refractivity contribution in [1.29, 1.82) is 0 Å². The van der Waals surface area contributed by atoms with E-state index in [1.807, 2.05) is 0 Å². The molecule has 2 heterocycles. The van der Waals surface area contributed by atoms with Crippen molar-refractivity contribution in [3.63, 3.8) is 0 Å². The molecule has 1 aliphatic rings. The molecule has 1 fully saturated rings. The lowest BCUT2D eigenvalue weighted by Crippen LogP contribution is -2.32. The third kappa shape index (κ3) is 3.39. The van der Waals surface area contributed by atoms with Crippen molar-refractivity contribution in [2.75, 3.05) is 6.54 Å². The Morgan fingerprint density at radius 3 is 3.04 bits per heavy atom. The van der Waals surface area contributed by atoms with Crippen LogP contribution in [0.2, 0.25) is 0 Å². The van der Waals surface area contributed by atoms with Crippen LogP contribution in [-0.2, 0) is 6.54 Å². The lowest BCUT2D eigenvalue weighted by Gasteiger charge is -2.25. The lowest BCUT2D eigenvalue weighted by atomic mass is 10.0. The number of benzene rings is 1. The zero-order valence-corrected chi connectivity index (χ0v) is 13.3. The Hall–Kier alpha value is -2.28. The van der Waals surface area contributed by atoms with Crippen LogP contribution in [0, 0.1) is 16.0 Å². The number of nitro benzene ring substituents is 1. The van der Waals surface area contributed by atoms with Crippen LogP contribution in [-0.4, -0.2) is 32.6 Å². The Morgan fingerprint density at radius 2 is 2.30 bits per heavy atom. The lowest BCUT2D eigenvalue weighted by molar-refractivity contribution is -0.384. The fraction of sp³-hybridized carbons (Fsp3) is 0.500. The molecule has 1 aromatic heterocycles. The maximum absolute atomic E-state index is 10.9. The summed E-state index contributed by atoms with van der Waals surface area (Å²) in [5.41, 5.74) is 0.615. The fourth-order valence-electron chi connectivity index (χ4n) is 3.17. The molecule has 2 aromatic rings. The Morgan fingerprint density at radius 1 is 1.48 bits per heavy atom. The predicted octanol–water partition coefficient (Wildman–Crippen LogP) is 3.27. The van der Waals surface area contributed by atoms with Crippen molar-refractivity contribution in [2.24, 2.45) is 5.92 Å². The van der Waals surface area contributed by atoms with Gasteiger partial charge in [0, 0.05) is 23.7 Å². The molecule has 0 unspecified atom stereocenters. The average Bonchev–Trinajstić information content (AvgIpc) is 3.17. The number of rotatable bonds is 5. The molecule has 0 radical (unpaired) electrons. The summed E-state index contributed by atoms with van der Waals surface area (Å²) in [7, 11) is 0. The monoisotopic (exact) mass is 316 g/mol. The second kappa shape index (κ2) is 6.45. The van der Waals surface area contributed by atoms with Crippen LogP contribution >= 0.6 is 0 Å². The number of nitrogens with zero attached hydrogens (tertiary/aromatic N) is 4. The molecule has 1 atom stereocenters. The molecular formula is C16H20N4O3. The van der Waals surface area contributed by atoms with Crippen molar-refractivity contribution in [3.8, 4) is 11.4 Å². The zero-order valence-electron chi connectivity index (χ0n) is 13.3. The number of aromatic nitrogens is 2. The van der Waals surface area contributed by atoms with E-state index in [-0.39, 0.29) is 5.69 Å². The summed E-state index contributed by atoms with van der Waals surface area (Å²) < 4.78 is 5.34. The standard InChI is InChI=1S/C16H20N4O3/c1-11(2)14-7-4-8-19(14)10-15-17-16(18-23-15)12-5-3-6-13(9-12)20(21)22/h3,5-6,9,11,14H,4,7-8,10H2,1-2H3/t14-/m1/s1. The molecule has 7 nitrogen and oxygen atoms in total. The van der Waals surface area contributed by atoms with E-state index >= 15 is 0 Å². The summed E-state index contributed by atoms with van der Waals surface area (Å²) >= 11 is 0. The quantitative estimate of drug-likeness (QED) is 0.621. The molecule has 122 valence electrons. The minimum Gasteiger partial charge on any atom is -0.338 e. The van der Waals surface area contributed by atoms with Gasteiger partial charge in [0.1, 0.15) is 0 Å². The summed E-state index contributed by atoms with van der Waals surface area (Å²) in [6, 6.07) is 6.82. The summed E-state index contributed by atoms with van der Waals surface area (Å²) in [6.07, 6.45) is 2.39. The van der Waals surface area contributed by atoms with Gasteiger partial charge in [0.15, 0.2) is 0 Å². The van der Waals surface area contributed by atoms with Gasteiger partial charge in [-0.3, -0.25) is 15.0 Å². The number of nitro groups is 1. The van der Waals surface area contributed by atoms with E-state index in [1.165, 1.54) is 25.0 Å². The molecule has 0 amide bonds. The van der Waals surface area contributed by atoms with E-state index in [2.05, 4.69) is 28.9 Å². The largest absolute Gasteiger partial charge is 0.338 e. The first kappa shape index (κ1) is 15.6. The van der Waals surface area contributed by atoms with Crippen LogP contribution in [0.4, 0.5) is 5.69 Å². The molecule has 1 aromatic carbocycles. The molecule has 0 N–H and O–H groups in total. The molecule has 3 rings (SSSR count). The first-order valence-corrected chi connectivity index (χ1v) is 7.86. The van der Waals surface area contributed by atoms with Crippen LogP contribution in [0.3, 0.4) is 0 Å². The number of non-ortho nitro benzene ring substituents is 1. The molecular weight excluding hydrogens is 296 g/mol. The van der Waals surface area contributed by atoms with E-state index in [9.17, 15) is 10.1 Å². The van der Waals surface area contributed by atoms with Gasteiger partial charge in [-0.1, -0.05) is 31.1 Å². The van der Waals surface area contributed by atoms with Gasteiger partial charge in [-0.2, -0.15) is 4.98 Å². The highest BCUT2D eigenvalue weighted by Crippen LogP contribution is 2.26. The van der Waals surface area contributed by atoms with Crippen LogP contribution in [0.5, 0.6) is 0 Å². The van der Waals surface area contributed by atoms with Gasteiger partial charge in [-0.25, -0.2) is 0 Å². The molecule has 0 saturated carbocycles. The fourth-order valence-corrected chi connectivity index (χ4v) is 3.17. The highest BCUT2D eigenvalue weighted by atomic mass is 16.6. The van der Waals surface area contributed by atoms with Crippen LogP contribution in [0.1, 0.15) is 32.6 Å². The maximum Gasteiger partial charge on any atom is 0.270 e. The van der Waals surface area contributed by atoms with E-state index in [4.69, 9.17) is 4.52 Å². The zero-order chi connectivity index (χ0) is 16.4. The Bertz CT molecular complexity index is 698. The first-order chi connectivity index (χ1) is 11.0. The molecule has 1 aliphatic heterocycles. The van der Waals surface area contributed by atoms with Crippen LogP contribution < -0.4 is 0 Å². The van der Waals surface area contributed by atoms with Gasteiger partial charge in [-0.15, -0.1) is 0 Å².